The second-order valence-electron chi connectivity index (χ2n) is 4.86. The predicted molar refractivity (Wildman–Crippen MR) is 73.2 cm³/mol. The number of pyridine rings is 1. The summed E-state index contributed by atoms with van der Waals surface area (Å²) < 4.78 is 0. The van der Waals surface area contributed by atoms with Crippen molar-refractivity contribution in [3.05, 3.63) is 23.4 Å². The van der Waals surface area contributed by atoms with Crippen molar-refractivity contribution in [1.29, 1.82) is 5.26 Å². The second kappa shape index (κ2) is 6.74. The lowest BCUT2D eigenvalue weighted by Crippen LogP contribution is -2.29. The van der Waals surface area contributed by atoms with Gasteiger partial charge in [-0.05, 0) is 25.0 Å². The van der Waals surface area contributed by atoms with Crippen LogP contribution >= 0.6 is 0 Å². The third kappa shape index (κ3) is 4.25. The zero-order valence-corrected chi connectivity index (χ0v) is 11.6. The van der Waals surface area contributed by atoms with Crippen LogP contribution in [0.1, 0.15) is 36.3 Å². The number of carbonyl (C=O) groups is 1. The van der Waals surface area contributed by atoms with E-state index in [1.54, 1.807) is 19.1 Å². The molecule has 0 bridgehead atoms. The van der Waals surface area contributed by atoms with Crippen LogP contribution in [-0.4, -0.2) is 29.1 Å². The standard InChI is InChI=1S/C14H19N3O2/c1-10(2)9-17(8-4-7-15)13-6-5-12(14(18)19)11(3)16-13/h5-6,10H,4,8-9H2,1-3H3,(H,18,19). The average molecular weight is 261 g/mol. The van der Waals surface area contributed by atoms with Gasteiger partial charge in [0.15, 0.2) is 0 Å². The van der Waals surface area contributed by atoms with E-state index in [-0.39, 0.29) is 5.56 Å². The maximum atomic E-state index is 11.0. The van der Waals surface area contributed by atoms with Crippen LogP contribution in [-0.2, 0) is 0 Å². The Morgan fingerprint density at radius 2 is 2.21 bits per heavy atom. The van der Waals surface area contributed by atoms with Gasteiger partial charge in [0.05, 0.1) is 23.7 Å². The number of hydrogen-bond donors (Lipinski definition) is 1. The van der Waals surface area contributed by atoms with Gasteiger partial charge in [0.2, 0.25) is 0 Å². The fourth-order valence-corrected chi connectivity index (χ4v) is 1.88. The molecule has 0 saturated carbocycles. The van der Waals surface area contributed by atoms with Crippen molar-refractivity contribution in [2.75, 3.05) is 18.0 Å². The van der Waals surface area contributed by atoms with E-state index in [0.717, 1.165) is 12.4 Å². The van der Waals surface area contributed by atoms with E-state index in [9.17, 15) is 4.79 Å². The predicted octanol–water partition coefficient (Wildman–Crippen LogP) is 2.46. The summed E-state index contributed by atoms with van der Waals surface area (Å²) >= 11 is 0. The number of nitriles is 1. The van der Waals surface area contributed by atoms with Crippen LogP contribution < -0.4 is 4.90 Å². The highest BCUT2D eigenvalue weighted by Crippen LogP contribution is 2.16. The first-order valence-electron chi connectivity index (χ1n) is 6.28. The molecule has 0 radical (unpaired) electrons. The van der Waals surface area contributed by atoms with Gasteiger partial charge < -0.3 is 10.0 Å². The lowest BCUT2D eigenvalue weighted by atomic mass is 10.1. The van der Waals surface area contributed by atoms with Crippen LogP contribution in [0.15, 0.2) is 12.1 Å². The molecule has 0 amide bonds. The topological polar surface area (TPSA) is 77.2 Å². The molecule has 1 heterocycles. The van der Waals surface area contributed by atoms with Crippen molar-refractivity contribution in [2.24, 2.45) is 5.92 Å². The Balaban J connectivity index is 2.99. The largest absolute Gasteiger partial charge is 0.478 e. The lowest BCUT2D eigenvalue weighted by Gasteiger charge is -2.25. The summed E-state index contributed by atoms with van der Waals surface area (Å²) in [5.41, 5.74) is 0.712. The maximum Gasteiger partial charge on any atom is 0.337 e. The van der Waals surface area contributed by atoms with Gasteiger partial charge in [0.25, 0.3) is 0 Å². The average Bonchev–Trinajstić information content (AvgIpc) is 2.33. The number of carboxylic acids is 1. The zero-order valence-electron chi connectivity index (χ0n) is 11.6. The maximum absolute atomic E-state index is 11.0. The molecule has 1 rings (SSSR count). The Bertz CT molecular complexity index is 492. The highest BCUT2D eigenvalue weighted by atomic mass is 16.4. The van der Waals surface area contributed by atoms with Crippen LogP contribution in [0.4, 0.5) is 5.82 Å². The van der Waals surface area contributed by atoms with Gasteiger partial charge in [-0.2, -0.15) is 5.26 Å². The number of rotatable bonds is 6. The van der Waals surface area contributed by atoms with Crippen LogP contribution in [0.2, 0.25) is 0 Å². The number of nitrogens with zero attached hydrogens (tertiary/aromatic N) is 3. The minimum Gasteiger partial charge on any atom is -0.478 e. The van der Waals surface area contributed by atoms with Gasteiger partial charge >= 0.3 is 5.97 Å². The van der Waals surface area contributed by atoms with E-state index in [1.165, 1.54) is 0 Å². The number of hydrogen-bond acceptors (Lipinski definition) is 4. The van der Waals surface area contributed by atoms with E-state index >= 15 is 0 Å². The summed E-state index contributed by atoms with van der Waals surface area (Å²) in [7, 11) is 0. The van der Waals surface area contributed by atoms with Gasteiger partial charge in [-0.3, -0.25) is 0 Å². The van der Waals surface area contributed by atoms with Gasteiger partial charge in [0.1, 0.15) is 5.82 Å². The van der Waals surface area contributed by atoms with Gasteiger partial charge in [-0.1, -0.05) is 13.8 Å². The SMILES string of the molecule is Cc1nc(N(CCC#N)CC(C)C)ccc1C(=O)O. The minimum atomic E-state index is -0.969. The summed E-state index contributed by atoms with van der Waals surface area (Å²) in [6.45, 7) is 7.27. The molecule has 0 saturated heterocycles. The lowest BCUT2D eigenvalue weighted by molar-refractivity contribution is 0.0695. The Labute approximate surface area is 113 Å². The monoisotopic (exact) mass is 261 g/mol. The highest BCUT2D eigenvalue weighted by molar-refractivity contribution is 5.89. The number of aromatic carboxylic acids is 1. The molecule has 0 fully saturated rings. The number of aromatic nitrogens is 1. The Kier molecular flexibility index (Phi) is 5.31. The Morgan fingerprint density at radius 1 is 1.53 bits per heavy atom. The smallest absolute Gasteiger partial charge is 0.337 e. The third-order valence-electron chi connectivity index (χ3n) is 2.70. The highest BCUT2D eigenvalue weighted by Gasteiger charge is 2.13. The molecule has 0 aromatic carbocycles. The molecule has 0 atom stereocenters. The fraction of sp³-hybridized carbons (Fsp3) is 0.500. The Morgan fingerprint density at radius 3 is 2.68 bits per heavy atom. The molecule has 1 aromatic heterocycles. The van der Waals surface area contributed by atoms with Crippen molar-refractivity contribution >= 4 is 11.8 Å². The molecule has 0 spiro atoms. The number of aryl methyl sites for hydroxylation is 1. The van der Waals surface area contributed by atoms with E-state index < -0.39 is 5.97 Å². The molecule has 19 heavy (non-hydrogen) atoms. The molecule has 0 unspecified atom stereocenters. The summed E-state index contributed by atoms with van der Waals surface area (Å²) in [5, 5.41) is 17.7. The second-order valence-corrected chi connectivity index (χ2v) is 4.86. The first-order valence-corrected chi connectivity index (χ1v) is 6.28. The van der Waals surface area contributed by atoms with Crippen molar-refractivity contribution in [3.8, 4) is 6.07 Å². The minimum absolute atomic E-state index is 0.216. The molecule has 1 aromatic rings. The molecular formula is C14H19N3O2. The third-order valence-corrected chi connectivity index (χ3v) is 2.70. The van der Waals surface area contributed by atoms with Crippen LogP contribution in [0.25, 0.3) is 0 Å². The molecule has 0 aliphatic carbocycles. The number of carboxylic acid groups (broad SMARTS) is 1. The summed E-state index contributed by atoms with van der Waals surface area (Å²) in [6.07, 6.45) is 0.425. The van der Waals surface area contributed by atoms with Crippen LogP contribution in [0.3, 0.4) is 0 Å². The van der Waals surface area contributed by atoms with Crippen LogP contribution in [0.5, 0.6) is 0 Å². The molecular weight excluding hydrogens is 242 g/mol. The van der Waals surface area contributed by atoms with Crippen molar-refractivity contribution in [3.63, 3.8) is 0 Å². The van der Waals surface area contributed by atoms with Gasteiger partial charge in [-0.25, -0.2) is 9.78 Å². The molecule has 0 aliphatic rings. The van der Waals surface area contributed by atoms with E-state index in [2.05, 4.69) is 24.9 Å². The zero-order chi connectivity index (χ0) is 14.4. The fourth-order valence-electron chi connectivity index (χ4n) is 1.88. The van der Waals surface area contributed by atoms with Gasteiger partial charge in [-0.15, -0.1) is 0 Å². The van der Waals surface area contributed by atoms with E-state index in [4.69, 9.17) is 10.4 Å². The first-order chi connectivity index (χ1) is 8.95. The molecule has 5 heteroatoms. The quantitative estimate of drug-likeness (QED) is 0.851. The van der Waals surface area contributed by atoms with Crippen molar-refractivity contribution < 1.29 is 9.90 Å². The van der Waals surface area contributed by atoms with Crippen molar-refractivity contribution in [1.82, 2.24) is 4.98 Å². The number of anilines is 1. The van der Waals surface area contributed by atoms with E-state index in [0.29, 0.717) is 24.6 Å². The van der Waals surface area contributed by atoms with E-state index in [1.807, 2.05) is 4.90 Å². The first kappa shape index (κ1) is 15.0. The Hall–Kier alpha value is -2.09. The molecule has 5 nitrogen and oxygen atoms in total. The molecule has 0 aliphatic heterocycles. The summed E-state index contributed by atoms with van der Waals surface area (Å²) in [6, 6.07) is 5.40. The summed E-state index contributed by atoms with van der Waals surface area (Å²) in [5.74, 6) is 0.204. The van der Waals surface area contributed by atoms with Crippen molar-refractivity contribution in [2.45, 2.75) is 27.2 Å². The van der Waals surface area contributed by atoms with Gasteiger partial charge in [0, 0.05) is 13.1 Å². The summed E-state index contributed by atoms with van der Waals surface area (Å²) in [4.78, 5) is 17.3. The van der Waals surface area contributed by atoms with Crippen LogP contribution in [0, 0.1) is 24.2 Å². The molecule has 1 N–H and O–H groups in total. The molecule has 102 valence electrons. The normalized spacial score (nSPS) is 10.3.